The second-order valence-electron chi connectivity index (χ2n) is 4.14. The zero-order valence-corrected chi connectivity index (χ0v) is 10.8. The zero-order chi connectivity index (χ0) is 12.3. The van der Waals surface area contributed by atoms with Gasteiger partial charge in [0.15, 0.2) is 0 Å². The highest BCUT2D eigenvalue weighted by Gasteiger charge is 2.25. The lowest BCUT2D eigenvalue weighted by Gasteiger charge is -2.15. The van der Waals surface area contributed by atoms with Gasteiger partial charge in [0.25, 0.3) is 0 Å². The summed E-state index contributed by atoms with van der Waals surface area (Å²) in [7, 11) is 3.88. The number of halogens is 1. The Bertz CT molecular complexity index is 381. The van der Waals surface area contributed by atoms with Crippen molar-refractivity contribution in [1.82, 2.24) is 19.9 Å². The summed E-state index contributed by atoms with van der Waals surface area (Å²) in [6, 6.07) is 0.770. The van der Waals surface area contributed by atoms with Crippen molar-refractivity contribution in [2.75, 3.05) is 37.8 Å². The number of aromatic nitrogens is 3. The molecule has 1 aromatic rings. The molecule has 0 aliphatic heterocycles. The van der Waals surface area contributed by atoms with Crippen molar-refractivity contribution in [3.05, 3.63) is 5.28 Å². The molecule has 1 saturated carbocycles. The minimum atomic E-state index is 0.197. The fourth-order valence-corrected chi connectivity index (χ4v) is 1.74. The van der Waals surface area contributed by atoms with Gasteiger partial charge in [0.2, 0.25) is 17.2 Å². The lowest BCUT2D eigenvalue weighted by molar-refractivity contribution is 0.337. The van der Waals surface area contributed by atoms with Gasteiger partial charge >= 0.3 is 0 Å². The highest BCUT2D eigenvalue weighted by Crippen LogP contribution is 2.24. The van der Waals surface area contributed by atoms with Gasteiger partial charge in [-0.05, 0) is 31.5 Å². The number of likely N-dealkylation sites (N-methyl/N-ethyl adjacent to an activating group) is 1. The standard InChI is InChI=1S/C10H17ClN6/c1-12-9-14-8(11)15-10(16-9)13-5-6-17(2)7-3-4-7/h7H,3-6H2,1-2H3,(H2,12,13,14,15,16). The molecule has 17 heavy (non-hydrogen) atoms. The first-order chi connectivity index (χ1) is 8.19. The first-order valence-electron chi connectivity index (χ1n) is 5.72. The molecule has 1 aromatic heterocycles. The minimum absolute atomic E-state index is 0.197. The average molecular weight is 257 g/mol. The lowest BCUT2D eigenvalue weighted by Crippen LogP contribution is -2.27. The summed E-state index contributed by atoms with van der Waals surface area (Å²) in [5.41, 5.74) is 0. The molecule has 6 nitrogen and oxygen atoms in total. The molecule has 0 bridgehead atoms. The highest BCUT2D eigenvalue weighted by molar-refractivity contribution is 6.28. The SMILES string of the molecule is CNc1nc(Cl)nc(NCCN(C)C2CC2)n1. The molecule has 0 aromatic carbocycles. The van der Waals surface area contributed by atoms with Crippen molar-refractivity contribution in [2.24, 2.45) is 0 Å². The van der Waals surface area contributed by atoms with Crippen molar-refractivity contribution in [1.29, 1.82) is 0 Å². The number of hydrogen-bond donors (Lipinski definition) is 2. The normalized spacial score (nSPS) is 15.1. The predicted octanol–water partition coefficient (Wildman–Crippen LogP) is 1.07. The molecular formula is C10H17ClN6. The van der Waals surface area contributed by atoms with Gasteiger partial charge in [-0.25, -0.2) is 0 Å². The van der Waals surface area contributed by atoms with Gasteiger partial charge in [0, 0.05) is 26.2 Å². The number of nitrogens with one attached hydrogen (secondary N) is 2. The Morgan fingerprint density at radius 3 is 2.65 bits per heavy atom. The van der Waals surface area contributed by atoms with Gasteiger partial charge in [-0.2, -0.15) is 15.0 Å². The first-order valence-corrected chi connectivity index (χ1v) is 6.10. The average Bonchev–Trinajstić information content (AvgIpc) is 3.12. The van der Waals surface area contributed by atoms with E-state index in [1.807, 2.05) is 0 Å². The van der Waals surface area contributed by atoms with E-state index in [2.05, 4.69) is 37.5 Å². The quantitative estimate of drug-likeness (QED) is 0.794. The van der Waals surface area contributed by atoms with Crippen LogP contribution in [0.3, 0.4) is 0 Å². The molecule has 1 fully saturated rings. The Morgan fingerprint density at radius 2 is 2.00 bits per heavy atom. The van der Waals surface area contributed by atoms with E-state index in [1.165, 1.54) is 12.8 Å². The first kappa shape index (κ1) is 12.3. The Labute approximate surface area is 106 Å². The van der Waals surface area contributed by atoms with Crippen LogP contribution in [-0.2, 0) is 0 Å². The van der Waals surface area contributed by atoms with Crippen LogP contribution in [0.1, 0.15) is 12.8 Å². The summed E-state index contributed by atoms with van der Waals surface area (Å²) in [4.78, 5) is 14.4. The van der Waals surface area contributed by atoms with Crippen LogP contribution in [0.15, 0.2) is 0 Å². The maximum absolute atomic E-state index is 5.78. The zero-order valence-electron chi connectivity index (χ0n) is 10.1. The summed E-state index contributed by atoms with van der Waals surface area (Å²) in [6.45, 7) is 1.78. The molecular weight excluding hydrogens is 240 g/mol. The molecule has 94 valence electrons. The number of hydrogen-bond acceptors (Lipinski definition) is 6. The van der Waals surface area contributed by atoms with Crippen LogP contribution in [-0.4, -0.2) is 53.1 Å². The van der Waals surface area contributed by atoms with Crippen LogP contribution in [0.2, 0.25) is 5.28 Å². The van der Waals surface area contributed by atoms with E-state index in [0.29, 0.717) is 11.9 Å². The molecule has 0 saturated heterocycles. The second-order valence-corrected chi connectivity index (χ2v) is 4.48. The molecule has 1 aliphatic carbocycles. The third-order valence-corrected chi connectivity index (χ3v) is 2.92. The smallest absolute Gasteiger partial charge is 0.228 e. The maximum Gasteiger partial charge on any atom is 0.228 e. The fraction of sp³-hybridized carbons (Fsp3) is 0.700. The van der Waals surface area contributed by atoms with Gasteiger partial charge in [0.1, 0.15) is 0 Å². The van der Waals surface area contributed by atoms with Crippen LogP contribution in [0.5, 0.6) is 0 Å². The topological polar surface area (TPSA) is 66.0 Å². The highest BCUT2D eigenvalue weighted by atomic mass is 35.5. The Hall–Kier alpha value is -1.14. The lowest BCUT2D eigenvalue weighted by atomic mass is 10.5. The number of nitrogens with zero attached hydrogens (tertiary/aromatic N) is 4. The van der Waals surface area contributed by atoms with Crippen LogP contribution >= 0.6 is 11.6 Å². The molecule has 0 amide bonds. The van der Waals surface area contributed by atoms with E-state index in [0.717, 1.165) is 19.1 Å². The van der Waals surface area contributed by atoms with E-state index in [-0.39, 0.29) is 5.28 Å². The summed E-state index contributed by atoms with van der Waals surface area (Å²) in [5, 5.41) is 6.18. The summed E-state index contributed by atoms with van der Waals surface area (Å²) in [6.07, 6.45) is 2.63. The summed E-state index contributed by atoms with van der Waals surface area (Å²) in [5.74, 6) is 0.988. The molecule has 0 spiro atoms. The van der Waals surface area contributed by atoms with Crippen molar-refractivity contribution < 1.29 is 0 Å². The van der Waals surface area contributed by atoms with Crippen molar-refractivity contribution in [2.45, 2.75) is 18.9 Å². The van der Waals surface area contributed by atoms with Gasteiger partial charge in [-0.1, -0.05) is 0 Å². The molecule has 1 heterocycles. The Morgan fingerprint density at radius 1 is 1.29 bits per heavy atom. The van der Waals surface area contributed by atoms with E-state index in [9.17, 15) is 0 Å². The van der Waals surface area contributed by atoms with E-state index < -0.39 is 0 Å². The van der Waals surface area contributed by atoms with Gasteiger partial charge in [-0.15, -0.1) is 0 Å². The molecule has 0 atom stereocenters. The largest absolute Gasteiger partial charge is 0.357 e. The minimum Gasteiger partial charge on any atom is -0.357 e. The molecule has 2 N–H and O–H groups in total. The van der Waals surface area contributed by atoms with Crippen LogP contribution < -0.4 is 10.6 Å². The Balaban J connectivity index is 1.83. The van der Waals surface area contributed by atoms with Crippen LogP contribution in [0.4, 0.5) is 11.9 Å². The van der Waals surface area contributed by atoms with Crippen molar-refractivity contribution in [3.8, 4) is 0 Å². The van der Waals surface area contributed by atoms with Crippen LogP contribution in [0.25, 0.3) is 0 Å². The van der Waals surface area contributed by atoms with E-state index >= 15 is 0 Å². The summed E-state index contributed by atoms with van der Waals surface area (Å²) < 4.78 is 0. The van der Waals surface area contributed by atoms with E-state index in [4.69, 9.17) is 11.6 Å². The van der Waals surface area contributed by atoms with E-state index in [1.54, 1.807) is 7.05 Å². The predicted molar refractivity (Wildman–Crippen MR) is 68.5 cm³/mol. The fourth-order valence-electron chi connectivity index (χ4n) is 1.58. The molecule has 0 unspecified atom stereocenters. The van der Waals surface area contributed by atoms with Gasteiger partial charge < -0.3 is 15.5 Å². The number of rotatable bonds is 6. The van der Waals surface area contributed by atoms with Gasteiger partial charge in [0.05, 0.1) is 0 Å². The van der Waals surface area contributed by atoms with Gasteiger partial charge in [-0.3, -0.25) is 0 Å². The molecule has 0 radical (unpaired) electrons. The summed E-state index contributed by atoms with van der Waals surface area (Å²) >= 11 is 5.78. The molecule has 2 rings (SSSR count). The van der Waals surface area contributed by atoms with Crippen LogP contribution in [0, 0.1) is 0 Å². The molecule has 1 aliphatic rings. The second kappa shape index (κ2) is 5.46. The maximum atomic E-state index is 5.78. The monoisotopic (exact) mass is 256 g/mol. The third kappa shape index (κ3) is 3.67. The third-order valence-electron chi connectivity index (χ3n) is 2.75. The number of anilines is 2. The molecule has 7 heteroatoms. The Kier molecular flexibility index (Phi) is 3.96. The van der Waals surface area contributed by atoms with Crippen molar-refractivity contribution >= 4 is 23.5 Å². The van der Waals surface area contributed by atoms with Crippen molar-refractivity contribution in [3.63, 3.8) is 0 Å².